The molecule has 0 unspecified atom stereocenters. The highest BCUT2D eigenvalue weighted by Gasteiger charge is 2.25. The van der Waals surface area contributed by atoms with Crippen LogP contribution in [0.3, 0.4) is 0 Å². The average molecular weight is 296 g/mol. The molecule has 1 aromatic carbocycles. The highest BCUT2D eigenvalue weighted by molar-refractivity contribution is 6.33. The summed E-state index contributed by atoms with van der Waals surface area (Å²) in [4.78, 5) is 11.2. The first-order chi connectivity index (χ1) is 9.79. The van der Waals surface area contributed by atoms with Gasteiger partial charge in [0.15, 0.2) is 17.8 Å². The Bertz CT molecular complexity index is 512. The van der Waals surface area contributed by atoms with Gasteiger partial charge in [-0.3, -0.25) is 4.79 Å². The number of piperidine rings is 1. The monoisotopic (exact) mass is 295 g/mol. The normalized spacial score (nSPS) is 18.9. The molecule has 0 amide bonds. The maximum Gasteiger partial charge on any atom is 0.173 e. The van der Waals surface area contributed by atoms with E-state index in [0.29, 0.717) is 41.2 Å². The van der Waals surface area contributed by atoms with Gasteiger partial charge in [0.25, 0.3) is 0 Å². The molecule has 1 N–H and O–H groups in total. The van der Waals surface area contributed by atoms with Gasteiger partial charge in [-0.2, -0.15) is 0 Å². The Balaban J connectivity index is 1.93. The summed E-state index contributed by atoms with van der Waals surface area (Å²) in [5.74, 6) is 1.85. The fourth-order valence-electron chi connectivity index (χ4n) is 2.92. The predicted octanol–water partition coefficient (Wildman–Crippen LogP) is 2.47. The van der Waals surface area contributed by atoms with E-state index in [-0.39, 0.29) is 0 Å². The summed E-state index contributed by atoms with van der Waals surface area (Å²) >= 11 is 6.21. The third kappa shape index (κ3) is 2.63. The number of aldehydes is 1. The number of halogens is 1. The standard InChI is InChI=1S/C15H18ClNO3/c16-13-8-11(7-10-1-3-17-4-2-10)14-15(12(13)9-18)20-6-5-19-14/h8-10,17H,1-7H2. The number of carbonyl (C=O) groups is 1. The smallest absolute Gasteiger partial charge is 0.173 e. The minimum atomic E-state index is 0.399. The van der Waals surface area contributed by atoms with E-state index in [1.165, 1.54) is 0 Å². The minimum Gasteiger partial charge on any atom is -0.486 e. The van der Waals surface area contributed by atoms with E-state index in [1.54, 1.807) is 0 Å². The summed E-state index contributed by atoms with van der Waals surface area (Å²) < 4.78 is 11.3. The number of rotatable bonds is 3. The third-order valence-corrected chi connectivity index (χ3v) is 4.27. The molecule has 4 nitrogen and oxygen atoms in total. The zero-order valence-corrected chi connectivity index (χ0v) is 12.0. The Labute approximate surface area is 123 Å². The molecule has 1 saturated heterocycles. The lowest BCUT2D eigenvalue weighted by atomic mass is 9.90. The van der Waals surface area contributed by atoms with Gasteiger partial charge in [-0.05, 0) is 49.9 Å². The summed E-state index contributed by atoms with van der Waals surface area (Å²) in [7, 11) is 0. The zero-order valence-electron chi connectivity index (χ0n) is 11.3. The molecular weight excluding hydrogens is 278 g/mol. The van der Waals surface area contributed by atoms with Crippen molar-refractivity contribution < 1.29 is 14.3 Å². The molecule has 0 spiro atoms. The molecule has 2 heterocycles. The lowest BCUT2D eigenvalue weighted by Gasteiger charge is -2.27. The quantitative estimate of drug-likeness (QED) is 0.870. The Kier molecular flexibility index (Phi) is 4.13. The molecule has 0 saturated carbocycles. The molecule has 2 aliphatic rings. The molecule has 0 radical (unpaired) electrons. The lowest BCUT2D eigenvalue weighted by molar-refractivity contribution is 0.111. The Hall–Kier alpha value is -1.26. The number of benzene rings is 1. The van der Waals surface area contributed by atoms with Crippen LogP contribution in [0.25, 0.3) is 0 Å². The van der Waals surface area contributed by atoms with Crippen molar-refractivity contribution in [3.05, 3.63) is 22.2 Å². The topological polar surface area (TPSA) is 47.6 Å². The first kappa shape index (κ1) is 13.7. The average Bonchev–Trinajstić information content (AvgIpc) is 2.49. The molecule has 5 heteroatoms. The number of hydrogen-bond donors (Lipinski definition) is 1. The number of carbonyl (C=O) groups excluding carboxylic acids is 1. The Morgan fingerprint density at radius 2 is 1.95 bits per heavy atom. The van der Waals surface area contributed by atoms with E-state index in [2.05, 4.69) is 5.32 Å². The highest BCUT2D eigenvalue weighted by atomic mass is 35.5. The maximum atomic E-state index is 11.2. The fourth-order valence-corrected chi connectivity index (χ4v) is 3.18. The summed E-state index contributed by atoms with van der Waals surface area (Å²) in [6.45, 7) is 3.10. The fraction of sp³-hybridized carbons (Fsp3) is 0.533. The minimum absolute atomic E-state index is 0.399. The second-order valence-electron chi connectivity index (χ2n) is 5.30. The van der Waals surface area contributed by atoms with E-state index < -0.39 is 0 Å². The summed E-state index contributed by atoms with van der Waals surface area (Å²) in [5, 5.41) is 3.82. The molecule has 3 rings (SSSR count). The second kappa shape index (κ2) is 6.02. The number of nitrogens with one attached hydrogen (secondary N) is 1. The molecule has 1 fully saturated rings. The first-order valence-electron chi connectivity index (χ1n) is 7.06. The zero-order chi connectivity index (χ0) is 13.9. The van der Waals surface area contributed by atoms with Crippen molar-refractivity contribution in [1.82, 2.24) is 5.32 Å². The van der Waals surface area contributed by atoms with Crippen molar-refractivity contribution in [3.8, 4) is 11.5 Å². The van der Waals surface area contributed by atoms with Crippen LogP contribution in [0.5, 0.6) is 11.5 Å². The van der Waals surface area contributed by atoms with Crippen molar-refractivity contribution in [3.63, 3.8) is 0 Å². The Morgan fingerprint density at radius 3 is 2.65 bits per heavy atom. The number of ether oxygens (including phenoxy) is 2. The first-order valence-corrected chi connectivity index (χ1v) is 7.44. The van der Waals surface area contributed by atoms with Crippen molar-refractivity contribution in [2.24, 2.45) is 5.92 Å². The van der Waals surface area contributed by atoms with Gasteiger partial charge in [-0.25, -0.2) is 0 Å². The van der Waals surface area contributed by atoms with Crippen LogP contribution in [0.1, 0.15) is 28.8 Å². The second-order valence-corrected chi connectivity index (χ2v) is 5.71. The Morgan fingerprint density at radius 1 is 1.25 bits per heavy atom. The molecule has 0 atom stereocenters. The van der Waals surface area contributed by atoms with Crippen LogP contribution in [0.2, 0.25) is 5.02 Å². The molecule has 2 aliphatic heterocycles. The maximum absolute atomic E-state index is 11.2. The van der Waals surface area contributed by atoms with Crippen LogP contribution in [-0.2, 0) is 6.42 Å². The van der Waals surface area contributed by atoms with Gasteiger partial charge in [0.1, 0.15) is 13.2 Å². The van der Waals surface area contributed by atoms with Crippen LogP contribution in [0, 0.1) is 5.92 Å². The summed E-state index contributed by atoms with van der Waals surface area (Å²) in [5.41, 5.74) is 1.46. The highest BCUT2D eigenvalue weighted by Crippen LogP contribution is 2.41. The summed E-state index contributed by atoms with van der Waals surface area (Å²) in [6, 6.07) is 1.86. The van der Waals surface area contributed by atoms with Crippen LogP contribution in [0.4, 0.5) is 0 Å². The molecule has 0 aliphatic carbocycles. The van der Waals surface area contributed by atoms with E-state index in [4.69, 9.17) is 21.1 Å². The predicted molar refractivity (Wildman–Crippen MR) is 77.1 cm³/mol. The lowest BCUT2D eigenvalue weighted by Crippen LogP contribution is -2.29. The molecule has 0 aromatic heterocycles. The van der Waals surface area contributed by atoms with Crippen LogP contribution >= 0.6 is 11.6 Å². The SMILES string of the molecule is O=Cc1c(Cl)cc(CC2CCNCC2)c2c1OCCO2. The van der Waals surface area contributed by atoms with Crippen molar-refractivity contribution in [2.45, 2.75) is 19.3 Å². The van der Waals surface area contributed by atoms with Gasteiger partial charge < -0.3 is 14.8 Å². The van der Waals surface area contributed by atoms with Gasteiger partial charge in [-0.1, -0.05) is 11.6 Å². The third-order valence-electron chi connectivity index (χ3n) is 3.96. The molecule has 108 valence electrons. The van der Waals surface area contributed by atoms with Crippen molar-refractivity contribution in [1.29, 1.82) is 0 Å². The van der Waals surface area contributed by atoms with Gasteiger partial charge in [0.05, 0.1) is 10.6 Å². The van der Waals surface area contributed by atoms with E-state index in [0.717, 1.165) is 44.2 Å². The van der Waals surface area contributed by atoms with Gasteiger partial charge >= 0.3 is 0 Å². The largest absolute Gasteiger partial charge is 0.486 e. The van der Waals surface area contributed by atoms with E-state index in [1.807, 2.05) is 6.07 Å². The number of hydrogen-bond acceptors (Lipinski definition) is 4. The van der Waals surface area contributed by atoms with Gasteiger partial charge in [0.2, 0.25) is 0 Å². The van der Waals surface area contributed by atoms with E-state index >= 15 is 0 Å². The summed E-state index contributed by atoms with van der Waals surface area (Å²) in [6.07, 6.45) is 3.97. The van der Waals surface area contributed by atoms with Gasteiger partial charge in [0, 0.05) is 0 Å². The van der Waals surface area contributed by atoms with Crippen molar-refractivity contribution >= 4 is 17.9 Å². The molecule has 0 bridgehead atoms. The molecule has 20 heavy (non-hydrogen) atoms. The number of fused-ring (bicyclic) bond motifs is 1. The van der Waals surface area contributed by atoms with Crippen molar-refractivity contribution in [2.75, 3.05) is 26.3 Å². The van der Waals surface area contributed by atoms with Crippen LogP contribution in [0.15, 0.2) is 6.07 Å². The van der Waals surface area contributed by atoms with Gasteiger partial charge in [-0.15, -0.1) is 0 Å². The van der Waals surface area contributed by atoms with Crippen LogP contribution < -0.4 is 14.8 Å². The molecular formula is C15H18ClNO3. The van der Waals surface area contributed by atoms with E-state index in [9.17, 15) is 4.79 Å². The molecule has 1 aromatic rings. The van der Waals surface area contributed by atoms with Crippen LogP contribution in [-0.4, -0.2) is 32.6 Å².